The maximum atomic E-state index is 12.9. The van der Waals surface area contributed by atoms with Gasteiger partial charge in [-0.1, -0.05) is 17.7 Å². The van der Waals surface area contributed by atoms with Gasteiger partial charge in [0.2, 0.25) is 6.79 Å². The number of carbonyl (C=O) groups is 3. The number of rotatable bonds is 5. The molecule has 2 aliphatic rings. The highest BCUT2D eigenvalue weighted by molar-refractivity contribution is 6.30. The quantitative estimate of drug-likeness (QED) is 0.616. The van der Waals surface area contributed by atoms with Crippen LogP contribution in [0, 0.1) is 0 Å². The molecule has 0 aliphatic carbocycles. The van der Waals surface area contributed by atoms with E-state index in [1.807, 2.05) is 6.07 Å². The highest BCUT2D eigenvalue weighted by Crippen LogP contribution is 2.34. The lowest BCUT2D eigenvalue weighted by Crippen LogP contribution is -2.46. The number of amides is 3. The molecule has 2 aliphatic heterocycles. The molecule has 2 aromatic rings. The van der Waals surface area contributed by atoms with E-state index in [1.165, 1.54) is 0 Å². The number of fused-ring (bicyclic) bond motifs is 1. The number of halogens is 1. The third-order valence-corrected chi connectivity index (χ3v) is 5.06. The first-order chi connectivity index (χ1) is 13.4. The van der Waals surface area contributed by atoms with Crippen molar-refractivity contribution in [1.82, 2.24) is 10.2 Å². The minimum absolute atomic E-state index is 0.159. The van der Waals surface area contributed by atoms with Crippen molar-refractivity contribution in [2.75, 3.05) is 13.3 Å². The Labute approximate surface area is 166 Å². The van der Waals surface area contributed by atoms with Gasteiger partial charge in [0.1, 0.15) is 5.54 Å². The van der Waals surface area contributed by atoms with Crippen LogP contribution in [0.25, 0.3) is 0 Å². The van der Waals surface area contributed by atoms with E-state index in [9.17, 15) is 14.4 Å². The molecule has 0 unspecified atom stereocenters. The zero-order valence-electron chi connectivity index (χ0n) is 15.0. The van der Waals surface area contributed by atoms with Gasteiger partial charge < -0.3 is 14.8 Å². The number of ketones is 1. The number of hydrogen-bond donors (Lipinski definition) is 1. The summed E-state index contributed by atoms with van der Waals surface area (Å²) >= 11 is 5.83. The Balaban J connectivity index is 1.49. The predicted octanol–water partition coefficient (Wildman–Crippen LogP) is 2.80. The summed E-state index contributed by atoms with van der Waals surface area (Å²) in [7, 11) is 0. The number of urea groups is 1. The summed E-state index contributed by atoms with van der Waals surface area (Å²) in [5.74, 6) is 0.462. The van der Waals surface area contributed by atoms with Gasteiger partial charge in [-0.3, -0.25) is 14.5 Å². The normalized spacial score (nSPS) is 20.4. The molecule has 28 heavy (non-hydrogen) atoms. The Bertz CT molecular complexity index is 975. The van der Waals surface area contributed by atoms with Gasteiger partial charge in [0, 0.05) is 17.0 Å². The number of nitrogens with zero attached hydrogens (tertiary/aromatic N) is 1. The molecule has 3 amide bonds. The first-order valence-corrected chi connectivity index (χ1v) is 9.05. The second-order valence-corrected chi connectivity index (χ2v) is 7.38. The number of Topliss-reactive ketones (excluding diaryl/α,β-unsaturated/α-hetero) is 1. The molecule has 0 aromatic heterocycles. The summed E-state index contributed by atoms with van der Waals surface area (Å²) in [5, 5.41) is 3.21. The molecule has 2 heterocycles. The van der Waals surface area contributed by atoms with Crippen LogP contribution in [-0.4, -0.2) is 41.5 Å². The smallest absolute Gasteiger partial charge is 0.325 e. The molecule has 0 spiro atoms. The fourth-order valence-corrected chi connectivity index (χ4v) is 3.47. The standard InChI is InChI=1S/C20H17ClN2O5/c1-20(9-12-2-7-16-17(8-12)28-11-27-16)18(25)23(19(26)22-20)10-15(24)13-3-5-14(21)6-4-13/h2-8H,9-11H2,1H3,(H,22,26)/t20-/m1/s1. The predicted molar refractivity (Wildman–Crippen MR) is 101 cm³/mol. The van der Waals surface area contributed by atoms with Gasteiger partial charge in [-0.25, -0.2) is 4.79 Å². The van der Waals surface area contributed by atoms with E-state index < -0.39 is 17.5 Å². The molecule has 1 N–H and O–H groups in total. The third kappa shape index (κ3) is 3.29. The summed E-state index contributed by atoms with van der Waals surface area (Å²) in [5.41, 5.74) is 0.0473. The van der Waals surface area contributed by atoms with Crippen molar-refractivity contribution in [2.45, 2.75) is 18.9 Å². The number of carbonyl (C=O) groups excluding carboxylic acids is 3. The molecule has 1 atom stereocenters. The summed E-state index contributed by atoms with van der Waals surface area (Å²) in [6, 6.07) is 11.1. The van der Waals surface area contributed by atoms with Crippen LogP contribution in [0.3, 0.4) is 0 Å². The van der Waals surface area contributed by atoms with Crippen molar-refractivity contribution in [1.29, 1.82) is 0 Å². The van der Waals surface area contributed by atoms with Gasteiger partial charge in [0.15, 0.2) is 17.3 Å². The maximum absolute atomic E-state index is 12.9. The molecule has 0 saturated carbocycles. The van der Waals surface area contributed by atoms with Crippen LogP contribution >= 0.6 is 11.6 Å². The first kappa shape index (κ1) is 18.3. The van der Waals surface area contributed by atoms with Crippen molar-refractivity contribution in [3.8, 4) is 11.5 Å². The van der Waals surface area contributed by atoms with Crippen LogP contribution in [0.2, 0.25) is 5.02 Å². The number of nitrogens with one attached hydrogen (secondary N) is 1. The van der Waals surface area contributed by atoms with Crippen LogP contribution in [-0.2, 0) is 11.2 Å². The summed E-state index contributed by atoms with van der Waals surface area (Å²) in [6.45, 7) is 1.47. The van der Waals surface area contributed by atoms with Crippen molar-refractivity contribution in [3.05, 3.63) is 58.6 Å². The van der Waals surface area contributed by atoms with Gasteiger partial charge in [-0.15, -0.1) is 0 Å². The van der Waals surface area contributed by atoms with Crippen LogP contribution in [0.15, 0.2) is 42.5 Å². The fraction of sp³-hybridized carbons (Fsp3) is 0.250. The summed E-state index contributed by atoms with van der Waals surface area (Å²) in [6.07, 6.45) is 0.264. The van der Waals surface area contributed by atoms with Crippen LogP contribution in [0.1, 0.15) is 22.8 Å². The SMILES string of the molecule is C[C@]1(Cc2ccc3c(c2)OCO3)NC(=O)N(CC(=O)c2ccc(Cl)cc2)C1=O. The lowest BCUT2D eigenvalue weighted by molar-refractivity contribution is -0.130. The molecular weight excluding hydrogens is 384 g/mol. The lowest BCUT2D eigenvalue weighted by atomic mass is 9.92. The van der Waals surface area contributed by atoms with E-state index >= 15 is 0 Å². The number of ether oxygens (including phenoxy) is 2. The molecule has 0 radical (unpaired) electrons. The van der Waals surface area contributed by atoms with Crippen LogP contribution in [0.4, 0.5) is 4.79 Å². The third-order valence-electron chi connectivity index (χ3n) is 4.81. The average Bonchev–Trinajstić information content (AvgIpc) is 3.20. The van der Waals surface area contributed by atoms with Gasteiger partial charge in [-0.2, -0.15) is 0 Å². The van der Waals surface area contributed by atoms with E-state index in [0.29, 0.717) is 22.1 Å². The van der Waals surface area contributed by atoms with E-state index in [2.05, 4.69) is 5.32 Å². The number of imide groups is 1. The number of hydrogen-bond acceptors (Lipinski definition) is 5. The van der Waals surface area contributed by atoms with E-state index in [1.54, 1.807) is 43.3 Å². The topological polar surface area (TPSA) is 84.9 Å². The van der Waals surface area contributed by atoms with Crippen molar-refractivity contribution < 1.29 is 23.9 Å². The fourth-order valence-electron chi connectivity index (χ4n) is 3.34. The Morgan fingerprint density at radius 1 is 1.14 bits per heavy atom. The minimum Gasteiger partial charge on any atom is -0.454 e. The second kappa shape index (κ2) is 6.83. The van der Waals surface area contributed by atoms with Gasteiger partial charge in [0.25, 0.3) is 5.91 Å². The Kier molecular flexibility index (Phi) is 4.47. The Hall–Kier alpha value is -3.06. The highest BCUT2D eigenvalue weighted by atomic mass is 35.5. The highest BCUT2D eigenvalue weighted by Gasteiger charge is 2.48. The molecule has 144 valence electrons. The lowest BCUT2D eigenvalue weighted by Gasteiger charge is -2.21. The van der Waals surface area contributed by atoms with Crippen molar-refractivity contribution in [2.24, 2.45) is 0 Å². The molecule has 8 heteroatoms. The molecule has 7 nitrogen and oxygen atoms in total. The largest absolute Gasteiger partial charge is 0.454 e. The summed E-state index contributed by atoms with van der Waals surface area (Å²) < 4.78 is 10.6. The van der Waals surface area contributed by atoms with E-state index in [4.69, 9.17) is 21.1 Å². The van der Waals surface area contributed by atoms with Gasteiger partial charge in [-0.05, 0) is 48.9 Å². The average molecular weight is 401 g/mol. The Morgan fingerprint density at radius 3 is 2.61 bits per heavy atom. The zero-order chi connectivity index (χ0) is 19.9. The van der Waals surface area contributed by atoms with Gasteiger partial charge >= 0.3 is 6.03 Å². The zero-order valence-corrected chi connectivity index (χ0v) is 15.8. The number of benzene rings is 2. The molecular formula is C20H17ClN2O5. The first-order valence-electron chi connectivity index (χ1n) is 8.67. The molecule has 1 saturated heterocycles. The molecule has 1 fully saturated rings. The maximum Gasteiger partial charge on any atom is 0.325 e. The molecule has 4 rings (SSSR count). The second-order valence-electron chi connectivity index (χ2n) is 6.95. The van der Waals surface area contributed by atoms with Crippen LogP contribution < -0.4 is 14.8 Å². The van der Waals surface area contributed by atoms with Crippen molar-refractivity contribution in [3.63, 3.8) is 0 Å². The minimum atomic E-state index is -1.15. The summed E-state index contributed by atoms with van der Waals surface area (Å²) in [4.78, 5) is 38.7. The van der Waals surface area contributed by atoms with Crippen LogP contribution in [0.5, 0.6) is 11.5 Å². The molecule has 0 bridgehead atoms. The van der Waals surface area contributed by atoms with E-state index in [0.717, 1.165) is 10.5 Å². The van der Waals surface area contributed by atoms with Crippen molar-refractivity contribution >= 4 is 29.3 Å². The monoisotopic (exact) mass is 400 g/mol. The Morgan fingerprint density at radius 2 is 1.86 bits per heavy atom. The van der Waals surface area contributed by atoms with Gasteiger partial charge in [0.05, 0.1) is 6.54 Å². The van der Waals surface area contributed by atoms with E-state index in [-0.39, 0.29) is 25.5 Å². The molecule has 2 aromatic carbocycles.